The predicted octanol–water partition coefficient (Wildman–Crippen LogP) is 4.05. The standard InChI is InChI=1S/C18H26O3/c1-13(2)16-4-3-5-17(16)21-12-15-8-6-14(7-9-15)10-11-18(19)20/h6-9,13,16-17H,3-5,10-12H2,1-2H3,(H,19,20)/t16?,17-/m1/s1. The first-order valence-corrected chi connectivity index (χ1v) is 7.97. The Morgan fingerprint density at radius 2 is 1.90 bits per heavy atom. The van der Waals surface area contributed by atoms with E-state index in [9.17, 15) is 4.79 Å². The van der Waals surface area contributed by atoms with Gasteiger partial charge in [0.05, 0.1) is 12.7 Å². The third kappa shape index (κ3) is 4.85. The molecule has 1 aromatic rings. The minimum absolute atomic E-state index is 0.188. The normalized spacial score (nSPS) is 21.9. The molecule has 0 radical (unpaired) electrons. The molecular formula is C18H26O3. The molecule has 1 saturated carbocycles. The van der Waals surface area contributed by atoms with Crippen molar-refractivity contribution in [2.24, 2.45) is 11.8 Å². The number of hydrogen-bond donors (Lipinski definition) is 1. The summed E-state index contributed by atoms with van der Waals surface area (Å²) in [6.45, 7) is 5.22. The average molecular weight is 290 g/mol. The number of hydrogen-bond acceptors (Lipinski definition) is 2. The molecular weight excluding hydrogens is 264 g/mol. The van der Waals surface area contributed by atoms with Gasteiger partial charge in [0.2, 0.25) is 0 Å². The van der Waals surface area contributed by atoms with E-state index in [0.717, 1.165) is 5.56 Å². The van der Waals surface area contributed by atoms with Gasteiger partial charge < -0.3 is 9.84 Å². The van der Waals surface area contributed by atoms with Gasteiger partial charge in [0.1, 0.15) is 0 Å². The zero-order valence-electron chi connectivity index (χ0n) is 13.0. The maximum absolute atomic E-state index is 10.6. The molecule has 0 aliphatic heterocycles. The van der Waals surface area contributed by atoms with Gasteiger partial charge >= 0.3 is 5.97 Å². The van der Waals surface area contributed by atoms with Crippen LogP contribution in [0.1, 0.15) is 50.7 Å². The van der Waals surface area contributed by atoms with Crippen LogP contribution in [0.15, 0.2) is 24.3 Å². The van der Waals surface area contributed by atoms with Gasteiger partial charge in [-0.2, -0.15) is 0 Å². The van der Waals surface area contributed by atoms with Crippen molar-refractivity contribution in [2.75, 3.05) is 0 Å². The number of carbonyl (C=O) groups is 1. The van der Waals surface area contributed by atoms with E-state index in [2.05, 4.69) is 26.0 Å². The van der Waals surface area contributed by atoms with Gasteiger partial charge in [0, 0.05) is 6.42 Å². The van der Waals surface area contributed by atoms with Gasteiger partial charge in [0.15, 0.2) is 0 Å². The lowest BCUT2D eigenvalue weighted by molar-refractivity contribution is -0.136. The van der Waals surface area contributed by atoms with Gasteiger partial charge in [-0.3, -0.25) is 4.79 Å². The molecule has 3 heteroatoms. The highest BCUT2D eigenvalue weighted by molar-refractivity contribution is 5.67. The highest BCUT2D eigenvalue weighted by atomic mass is 16.5. The molecule has 0 bridgehead atoms. The summed E-state index contributed by atoms with van der Waals surface area (Å²) in [7, 11) is 0. The van der Waals surface area contributed by atoms with Crippen LogP contribution in [0.2, 0.25) is 0 Å². The maximum atomic E-state index is 10.6. The van der Waals surface area contributed by atoms with Crippen LogP contribution in [0, 0.1) is 11.8 Å². The second kappa shape index (κ2) is 7.60. The Balaban J connectivity index is 1.82. The minimum Gasteiger partial charge on any atom is -0.481 e. The Hall–Kier alpha value is -1.35. The largest absolute Gasteiger partial charge is 0.481 e. The van der Waals surface area contributed by atoms with E-state index in [1.807, 2.05) is 12.1 Å². The van der Waals surface area contributed by atoms with Gasteiger partial charge in [-0.15, -0.1) is 0 Å². The smallest absolute Gasteiger partial charge is 0.303 e. The van der Waals surface area contributed by atoms with Gasteiger partial charge in [-0.05, 0) is 42.2 Å². The molecule has 2 atom stereocenters. The molecule has 21 heavy (non-hydrogen) atoms. The summed E-state index contributed by atoms with van der Waals surface area (Å²) in [4.78, 5) is 10.6. The van der Waals surface area contributed by atoms with Crippen molar-refractivity contribution >= 4 is 5.97 Å². The van der Waals surface area contributed by atoms with Crippen molar-refractivity contribution in [3.05, 3.63) is 35.4 Å². The van der Waals surface area contributed by atoms with Crippen LogP contribution in [-0.4, -0.2) is 17.2 Å². The van der Waals surface area contributed by atoms with E-state index in [1.165, 1.54) is 24.8 Å². The molecule has 116 valence electrons. The molecule has 1 aromatic carbocycles. The summed E-state index contributed by atoms with van der Waals surface area (Å²) in [5, 5.41) is 8.68. The fourth-order valence-electron chi connectivity index (χ4n) is 3.18. The minimum atomic E-state index is -0.747. The summed E-state index contributed by atoms with van der Waals surface area (Å²) >= 11 is 0. The molecule has 2 rings (SSSR count). The molecule has 3 nitrogen and oxygen atoms in total. The molecule has 1 aliphatic rings. The Morgan fingerprint density at radius 3 is 2.52 bits per heavy atom. The molecule has 1 aliphatic carbocycles. The van der Waals surface area contributed by atoms with E-state index in [-0.39, 0.29) is 6.42 Å². The monoisotopic (exact) mass is 290 g/mol. The molecule has 0 saturated heterocycles. The second-order valence-corrected chi connectivity index (χ2v) is 6.40. The highest BCUT2D eigenvalue weighted by Crippen LogP contribution is 2.34. The van der Waals surface area contributed by atoms with E-state index in [0.29, 0.717) is 31.0 Å². The van der Waals surface area contributed by atoms with Crippen LogP contribution in [0.4, 0.5) is 0 Å². The third-order valence-electron chi connectivity index (χ3n) is 4.47. The highest BCUT2D eigenvalue weighted by Gasteiger charge is 2.30. The third-order valence-corrected chi connectivity index (χ3v) is 4.47. The number of aliphatic carboxylic acids is 1. The number of ether oxygens (including phenoxy) is 1. The summed E-state index contributed by atoms with van der Waals surface area (Å²) in [5.41, 5.74) is 2.24. The van der Waals surface area contributed by atoms with E-state index in [1.54, 1.807) is 0 Å². The molecule has 1 unspecified atom stereocenters. The quantitative estimate of drug-likeness (QED) is 0.824. The zero-order chi connectivity index (χ0) is 15.2. The lowest BCUT2D eigenvalue weighted by atomic mass is 9.92. The van der Waals surface area contributed by atoms with E-state index >= 15 is 0 Å². The van der Waals surface area contributed by atoms with Crippen LogP contribution < -0.4 is 0 Å². The number of rotatable bonds is 7. The van der Waals surface area contributed by atoms with E-state index < -0.39 is 5.97 Å². The number of carboxylic acid groups (broad SMARTS) is 1. The molecule has 0 heterocycles. The molecule has 1 N–H and O–H groups in total. The lowest BCUT2D eigenvalue weighted by Gasteiger charge is -2.23. The SMILES string of the molecule is CC(C)C1CCC[C@H]1OCc1ccc(CCC(=O)O)cc1. The van der Waals surface area contributed by atoms with Crippen molar-refractivity contribution in [1.29, 1.82) is 0 Å². The Labute approximate surface area is 127 Å². The average Bonchev–Trinajstić information content (AvgIpc) is 2.92. The second-order valence-electron chi connectivity index (χ2n) is 6.40. The first kappa shape index (κ1) is 16.0. The maximum Gasteiger partial charge on any atom is 0.303 e. The van der Waals surface area contributed by atoms with Crippen molar-refractivity contribution in [1.82, 2.24) is 0 Å². The van der Waals surface area contributed by atoms with Crippen LogP contribution >= 0.6 is 0 Å². The first-order chi connectivity index (χ1) is 10.1. The fraction of sp³-hybridized carbons (Fsp3) is 0.611. The Morgan fingerprint density at radius 1 is 1.24 bits per heavy atom. The van der Waals surface area contributed by atoms with Crippen molar-refractivity contribution in [3.63, 3.8) is 0 Å². The molecule has 0 amide bonds. The summed E-state index contributed by atoms with van der Waals surface area (Å²) < 4.78 is 6.11. The van der Waals surface area contributed by atoms with Crippen LogP contribution in [0.3, 0.4) is 0 Å². The summed E-state index contributed by atoms with van der Waals surface area (Å²) in [6.07, 6.45) is 4.93. The van der Waals surface area contributed by atoms with Gasteiger partial charge in [0.25, 0.3) is 0 Å². The Kier molecular flexibility index (Phi) is 5.80. The first-order valence-electron chi connectivity index (χ1n) is 7.97. The Bertz CT molecular complexity index is 450. The molecule has 1 fully saturated rings. The van der Waals surface area contributed by atoms with Crippen molar-refractivity contribution in [2.45, 2.75) is 58.7 Å². The van der Waals surface area contributed by atoms with Crippen LogP contribution in [0.5, 0.6) is 0 Å². The summed E-state index contributed by atoms with van der Waals surface area (Å²) in [5.74, 6) is 0.638. The topological polar surface area (TPSA) is 46.5 Å². The fourth-order valence-corrected chi connectivity index (χ4v) is 3.18. The number of aryl methyl sites for hydroxylation is 1. The van der Waals surface area contributed by atoms with Crippen molar-refractivity contribution in [3.8, 4) is 0 Å². The van der Waals surface area contributed by atoms with Crippen LogP contribution in [0.25, 0.3) is 0 Å². The number of benzene rings is 1. The zero-order valence-corrected chi connectivity index (χ0v) is 13.0. The van der Waals surface area contributed by atoms with E-state index in [4.69, 9.17) is 9.84 Å². The van der Waals surface area contributed by atoms with Gasteiger partial charge in [-0.25, -0.2) is 0 Å². The molecule has 0 aromatic heterocycles. The van der Waals surface area contributed by atoms with Crippen molar-refractivity contribution < 1.29 is 14.6 Å². The summed E-state index contributed by atoms with van der Waals surface area (Å²) in [6, 6.07) is 8.12. The predicted molar refractivity (Wildman–Crippen MR) is 83.2 cm³/mol. The number of carboxylic acids is 1. The molecule has 0 spiro atoms. The lowest BCUT2D eigenvalue weighted by Crippen LogP contribution is -2.22. The van der Waals surface area contributed by atoms with Crippen LogP contribution in [-0.2, 0) is 22.6 Å². The van der Waals surface area contributed by atoms with Gasteiger partial charge in [-0.1, -0.05) is 44.5 Å².